The number of rotatable bonds is 6. The number of aliphatic carboxylic acids is 1. The molecule has 1 unspecified atom stereocenters. The molecule has 0 fully saturated rings. The highest BCUT2D eigenvalue weighted by molar-refractivity contribution is 5.97. The molecular formula is C17H15FO3. The molecule has 0 aliphatic carbocycles. The van der Waals surface area contributed by atoms with Crippen LogP contribution in [0.3, 0.4) is 0 Å². The van der Waals surface area contributed by atoms with Crippen LogP contribution < -0.4 is 0 Å². The minimum absolute atomic E-state index is 0.101. The number of hydrogen-bond acceptors (Lipinski definition) is 2. The van der Waals surface area contributed by atoms with Gasteiger partial charge in [0.15, 0.2) is 5.78 Å². The highest BCUT2D eigenvalue weighted by atomic mass is 19.1. The van der Waals surface area contributed by atoms with E-state index in [1.54, 1.807) is 0 Å². The van der Waals surface area contributed by atoms with Crippen LogP contribution in [0.4, 0.5) is 4.39 Å². The summed E-state index contributed by atoms with van der Waals surface area (Å²) < 4.78 is 12.8. The van der Waals surface area contributed by atoms with E-state index in [0.29, 0.717) is 12.0 Å². The summed E-state index contributed by atoms with van der Waals surface area (Å²) >= 11 is 0. The van der Waals surface area contributed by atoms with Crippen molar-refractivity contribution in [1.29, 1.82) is 0 Å². The van der Waals surface area contributed by atoms with Gasteiger partial charge >= 0.3 is 5.97 Å². The molecule has 0 aromatic heterocycles. The Hall–Kier alpha value is -2.49. The van der Waals surface area contributed by atoms with Crippen molar-refractivity contribution in [3.63, 3.8) is 0 Å². The number of Topliss-reactive ketones (excluding diaryl/α,β-unsaturated/α-hetero) is 1. The normalized spacial score (nSPS) is 11.9. The Balaban J connectivity index is 2.07. The fourth-order valence-electron chi connectivity index (χ4n) is 2.12. The molecule has 1 atom stereocenters. The zero-order chi connectivity index (χ0) is 15.2. The van der Waals surface area contributed by atoms with Gasteiger partial charge < -0.3 is 5.11 Å². The molecule has 0 radical (unpaired) electrons. The van der Waals surface area contributed by atoms with E-state index in [0.717, 1.165) is 5.56 Å². The number of carboxylic acids is 1. The number of halogens is 1. The van der Waals surface area contributed by atoms with E-state index in [4.69, 9.17) is 0 Å². The van der Waals surface area contributed by atoms with Crippen molar-refractivity contribution in [3.8, 4) is 0 Å². The van der Waals surface area contributed by atoms with Gasteiger partial charge in [0.25, 0.3) is 0 Å². The number of carbonyl (C=O) groups is 2. The van der Waals surface area contributed by atoms with Crippen LogP contribution in [0.1, 0.15) is 22.3 Å². The first-order valence-corrected chi connectivity index (χ1v) is 6.62. The van der Waals surface area contributed by atoms with Crippen molar-refractivity contribution in [2.75, 3.05) is 0 Å². The summed E-state index contributed by atoms with van der Waals surface area (Å²) in [6, 6.07) is 14.3. The second-order valence-electron chi connectivity index (χ2n) is 4.86. The lowest BCUT2D eigenvalue weighted by molar-refractivity contribution is -0.141. The summed E-state index contributed by atoms with van der Waals surface area (Å²) in [6.45, 7) is 0. The van der Waals surface area contributed by atoms with Gasteiger partial charge in [0, 0.05) is 12.0 Å². The first-order valence-electron chi connectivity index (χ1n) is 6.62. The predicted molar refractivity (Wildman–Crippen MR) is 76.6 cm³/mol. The van der Waals surface area contributed by atoms with Crippen molar-refractivity contribution in [1.82, 2.24) is 0 Å². The third-order valence-corrected chi connectivity index (χ3v) is 3.27. The Labute approximate surface area is 122 Å². The zero-order valence-corrected chi connectivity index (χ0v) is 11.3. The number of carboxylic acid groups (broad SMARTS) is 1. The van der Waals surface area contributed by atoms with Crippen LogP contribution in [0.2, 0.25) is 0 Å². The Kier molecular flexibility index (Phi) is 4.82. The van der Waals surface area contributed by atoms with Gasteiger partial charge in [-0.2, -0.15) is 0 Å². The van der Waals surface area contributed by atoms with Crippen molar-refractivity contribution in [2.45, 2.75) is 12.8 Å². The van der Waals surface area contributed by atoms with E-state index in [1.807, 2.05) is 30.3 Å². The molecule has 3 nitrogen and oxygen atoms in total. The van der Waals surface area contributed by atoms with Gasteiger partial charge in [0.2, 0.25) is 0 Å². The monoisotopic (exact) mass is 286 g/mol. The van der Waals surface area contributed by atoms with E-state index in [2.05, 4.69) is 0 Å². The van der Waals surface area contributed by atoms with Crippen LogP contribution >= 0.6 is 0 Å². The molecular weight excluding hydrogens is 271 g/mol. The minimum atomic E-state index is -1.01. The SMILES string of the molecule is O=C(CC(Cc1ccccc1)C(=O)O)c1ccc(F)cc1. The molecule has 0 aliphatic rings. The molecule has 0 spiro atoms. The van der Waals surface area contributed by atoms with Crippen molar-refractivity contribution < 1.29 is 19.1 Å². The predicted octanol–water partition coefficient (Wildman–Crippen LogP) is 3.34. The fraction of sp³-hybridized carbons (Fsp3) is 0.176. The molecule has 0 amide bonds. The minimum Gasteiger partial charge on any atom is -0.481 e. The smallest absolute Gasteiger partial charge is 0.307 e. The Morgan fingerprint density at radius 3 is 2.19 bits per heavy atom. The largest absolute Gasteiger partial charge is 0.481 e. The highest BCUT2D eigenvalue weighted by Crippen LogP contribution is 2.16. The Morgan fingerprint density at radius 2 is 1.62 bits per heavy atom. The van der Waals surface area contributed by atoms with Crippen LogP contribution in [-0.4, -0.2) is 16.9 Å². The molecule has 0 aliphatic heterocycles. The van der Waals surface area contributed by atoms with Gasteiger partial charge in [0.05, 0.1) is 5.92 Å². The lowest BCUT2D eigenvalue weighted by Crippen LogP contribution is -2.20. The van der Waals surface area contributed by atoms with E-state index < -0.39 is 17.7 Å². The quantitative estimate of drug-likeness (QED) is 0.829. The number of carbonyl (C=O) groups excluding carboxylic acids is 1. The van der Waals surface area contributed by atoms with E-state index in [1.165, 1.54) is 24.3 Å². The third kappa shape index (κ3) is 4.24. The average Bonchev–Trinajstić information content (AvgIpc) is 2.48. The van der Waals surface area contributed by atoms with Gasteiger partial charge in [-0.3, -0.25) is 9.59 Å². The molecule has 2 aromatic carbocycles. The van der Waals surface area contributed by atoms with Gasteiger partial charge in [0.1, 0.15) is 5.82 Å². The summed E-state index contributed by atoms with van der Waals surface area (Å²) in [7, 11) is 0. The van der Waals surface area contributed by atoms with Crippen molar-refractivity contribution >= 4 is 11.8 Å². The summed E-state index contributed by atoms with van der Waals surface area (Å²) in [5.41, 5.74) is 1.20. The molecule has 0 saturated carbocycles. The topological polar surface area (TPSA) is 54.4 Å². The first kappa shape index (κ1) is 14.9. The van der Waals surface area contributed by atoms with Crippen LogP contribution in [-0.2, 0) is 11.2 Å². The maximum Gasteiger partial charge on any atom is 0.307 e. The second kappa shape index (κ2) is 6.79. The van der Waals surface area contributed by atoms with Gasteiger partial charge in [-0.15, -0.1) is 0 Å². The van der Waals surface area contributed by atoms with E-state index in [9.17, 15) is 19.1 Å². The van der Waals surface area contributed by atoms with Gasteiger partial charge in [-0.1, -0.05) is 30.3 Å². The van der Waals surface area contributed by atoms with Crippen molar-refractivity contribution in [3.05, 3.63) is 71.5 Å². The van der Waals surface area contributed by atoms with Crippen LogP contribution in [0.25, 0.3) is 0 Å². The molecule has 4 heteroatoms. The summed E-state index contributed by atoms with van der Waals surface area (Å²) in [5.74, 6) is -2.51. The second-order valence-corrected chi connectivity index (χ2v) is 4.86. The van der Waals surface area contributed by atoms with Gasteiger partial charge in [-0.25, -0.2) is 4.39 Å². The molecule has 0 bridgehead atoms. The fourth-order valence-corrected chi connectivity index (χ4v) is 2.12. The molecule has 1 N–H and O–H groups in total. The summed E-state index contributed by atoms with van der Waals surface area (Å²) in [4.78, 5) is 23.4. The highest BCUT2D eigenvalue weighted by Gasteiger charge is 2.22. The molecule has 0 heterocycles. The molecule has 2 aromatic rings. The maximum atomic E-state index is 12.8. The standard InChI is InChI=1S/C17H15FO3/c18-15-8-6-13(7-9-15)16(19)11-14(17(20)21)10-12-4-2-1-3-5-12/h1-9,14H,10-11H2,(H,20,21). The maximum absolute atomic E-state index is 12.8. The van der Waals surface area contributed by atoms with Gasteiger partial charge in [-0.05, 0) is 36.2 Å². The molecule has 2 rings (SSSR count). The summed E-state index contributed by atoms with van der Waals surface area (Å²) in [5, 5.41) is 9.26. The Morgan fingerprint density at radius 1 is 1.00 bits per heavy atom. The Bertz CT molecular complexity index is 620. The number of ketones is 1. The molecule has 108 valence electrons. The third-order valence-electron chi connectivity index (χ3n) is 3.27. The first-order chi connectivity index (χ1) is 10.1. The zero-order valence-electron chi connectivity index (χ0n) is 11.3. The number of hydrogen-bond donors (Lipinski definition) is 1. The average molecular weight is 286 g/mol. The van der Waals surface area contributed by atoms with Crippen LogP contribution in [0.15, 0.2) is 54.6 Å². The van der Waals surface area contributed by atoms with Crippen molar-refractivity contribution in [2.24, 2.45) is 5.92 Å². The molecule has 21 heavy (non-hydrogen) atoms. The van der Waals surface area contributed by atoms with E-state index in [-0.39, 0.29) is 12.2 Å². The van der Waals surface area contributed by atoms with Crippen LogP contribution in [0.5, 0.6) is 0 Å². The van der Waals surface area contributed by atoms with Crippen LogP contribution in [0, 0.1) is 11.7 Å². The lowest BCUT2D eigenvalue weighted by atomic mass is 9.92. The van der Waals surface area contributed by atoms with E-state index >= 15 is 0 Å². The molecule has 0 saturated heterocycles. The summed E-state index contributed by atoms with van der Waals surface area (Å²) in [6.07, 6.45) is 0.193. The lowest BCUT2D eigenvalue weighted by Gasteiger charge is -2.11. The number of benzene rings is 2.